The number of nitrogens with one attached hydrogen (secondary N) is 1. The molecule has 102 valence electrons. The Hall–Kier alpha value is -0.0800. The van der Waals surface area contributed by atoms with E-state index in [1.54, 1.807) is 0 Å². The van der Waals surface area contributed by atoms with E-state index in [-0.39, 0.29) is 0 Å². The van der Waals surface area contributed by atoms with Crippen molar-refractivity contribution in [2.45, 2.75) is 72.5 Å². The van der Waals surface area contributed by atoms with Gasteiger partial charge in [0.2, 0.25) is 0 Å². The Bertz CT molecular complexity index is 215. The molecule has 4 unspecified atom stereocenters. The summed E-state index contributed by atoms with van der Waals surface area (Å²) in [7, 11) is 0. The van der Waals surface area contributed by atoms with Crippen molar-refractivity contribution >= 4 is 0 Å². The van der Waals surface area contributed by atoms with E-state index in [9.17, 15) is 0 Å². The largest absolute Gasteiger partial charge is 0.313 e. The zero-order chi connectivity index (χ0) is 13.0. The third kappa shape index (κ3) is 3.69. The molecule has 1 aliphatic carbocycles. The van der Waals surface area contributed by atoms with Crippen molar-refractivity contribution in [1.82, 2.24) is 10.2 Å². The van der Waals surface area contributed by atoms with Crippen LogP contribution in [0.4, 0.5) is 0 Å². The zero-order valence-corrected chi connectivity index (χ0v) is 12.7. The van der Waals surface area contributed by atoms with Crippen molar-refractivity contribution in [1.29, 1.82) is 0 Å². The molecule has 0 spiro atoms. The molecule has 0 aromatic carbocycles. The van der Waals surface area contributed by atoms with Gasteiger partial charge in [-0.1, -0.05) is 27.7 Å². The lowest BCUT2D eigenvalue weighted by atomic mass is 9.75. The van der Waals surface area contributed by atoms with Gasteiger partial charge < -0.3 is 5.32 Å². The number of nitrogens with zero attached hydrogens (tertiary/aromatic N) is 1. The molecule has 0 radical (unpaired) electrons. The van der Waals surface area contributed by atoms with Crippen LogP contribution in [0.15, 0.2) is 0 Å². The first kappa shape index (κ1) is 15.0. The van der Waals surface area contributed by atoms with E-state index in [1.807, 2.05) is 0 Å². The molecule has 0 aromatic heterocycles. The van der Waals surface area contributed by atoms with E-state index >= 15 is 0 Å². The van der Waals surface area contributed by atoms with Gasteiger partial charge in [0.05, 0.1) is 0 Å². The highest BCUT2D eigenvalue weighted by atomic mass is 15.2. The number of likely N-dealkylation sites (N-methyl/N-ethyl adjacent to an activating group) is 2. The summed E-state index contributed by atoms with van der Waals surface area (Å²) >= 11 is 0. The van der Waals surface area contributed by atoms with Crippen molar-refractivity contribution in [3.8, 4) is 0 Å². The number of hydrogen-bond donors (Lipinski definition) is 1. The molecule has 0 saturated heterocycles. The van der Waals surface area contributed by atoms with Crippen molar-refractivity contribution in [3.05, 3.63) is 0 Å². The first-order valence-electron chi connectivity index (χ1n) is 7.50. The van der Waals surface area contributed by atoms with Crippen molar-refractivity contribution in [2.24, 2.45) is 11.8 Å². The molecule has 0 aliphatic heterocycles. The highest BCUT2D eigenvalue weighted by molar-refractivity contribution is 4.94. The van der Waals surface area contributed by atoms with E-state index in [1.165, 1.54) is 19.4 Å². The average molecular weight is 240 g/mol. The van der Waals surface area contributed by atoms with Gasteiger partial charge in [-0.3, -0.25) is 4.90 Å². The Balaban J connectivity index is 2.81. The van der Waals surface area contributed by atoms with Crippen LogP contribution in [0.25, 0.3) is 0 Å². The molecule has 4 atom stereocenters. The third-order valence-corrected chi connectivity index (χ3v) is 4.30. The Labute approximate surface area is 108 Å². The predicted molar refractivity (Wildman–Crippen MR) is 76.3 cm³/mol. The predicted octanol–water partition coefficient (Wildman–Crippen LogP) is 3.13. The van der Waals surface area contributed by atoms with Crippen LogP contribution in [0.1, 0.15) is 54.4 Å². The molecule has 2 heteroatoms. The van der Waals surface area contributed by atoms with Crippen LogP contribution in [-0.2, 0) is 0 Å². The quantitative estimate of drug-likeness (QED) is 0.794. The Morgan fingerprint density at radius 2 is 1.82 bits per heavy atom. The van der Waals surface area contributed by atoms with Crippen LogP contribution >= 0.6 is 0 Å². The molecule has 1 rings (SSSR count). The smallest absolute Gasteiger partial charge is 0.0277 e. The zero-order valence-electron chi connectivity index (χ0n) is 12.7. The van der Waals surface area contributed by atoms with Crippen molar-refractivity contribution in [2.75, 3.05) is 13.1 Å². The Morgan fingerprint density at radius 1 is 1.18 bits per heavy atom. The molecule has 1 fully saturated rings. The molecule has 1 saturated carbocycles. The second kappa shape index (κ2) is 6.75. The van der Waals surface area contributed by atoms with Gasteiger partial charge in [-0.2, -0.15) is 0 Å². The standard InChI is InChI=1S/C15H32N2/c1-7-16-14-10-12(5)9-13(6)15(14)17(8-2)11(3)4/h11-16H,7-10H2,1-6H3. The van der Waals surface area contributed by atoms with Crippen LogP contribution in [0.2, 0.25) is 0 Å². The SMILES string of the molecule is CCNC1CC(C)CC(C)C1N(CC)C(C)C. The maximum atomic E-state index is 3.72. The summed E-state index contributed by atoms with van der Waals surface area (Å²) in [5, 5.41) is 3.72. The van der Waals surface area contributed by atoms with Gasteiger partial charge >= 0.3 is 0 Å². The van der Waals surface area contributed by atoms with Gasteiger partial charge in [0, 0.05) is 18.1 Å². The van der Waals surface area contributed by atoms with E-state index in [4.69, 9.17) is 0 Å². The van der Waals surface area contributed by atoms with Crippen LogP contribution in [0.5, 0.6) is 0 Å². The van der Waals surface area contributed by atoms with Gasteiger partial charge in [0.1, 0.15) is 0 Å². The molecule has 1 N–H and O–H groups in total. The maximum absolute atomic E-state index is 3.72. The summed E-state index contributed by atoms with van der Waals surface area (Å²) in [5.41, 5.74) is 0. The van der Waals surface area contributed by atoms with Crippen LogP contribution < -0.4 is 5.32 Å². The van der Waals surface area contributed by atoms with Crippen molar-refractivity contribution in [3.63, 3.8) is 0 Å². The second-order valence-electron chi connectivity index (χ2n) is 6.13. The summed E-state index contributed by atoms with van der Waals surface area (Å²) in [6, 6.07) is 2.05. The van der Waals surface area contributed by atoms with Gasteiger partial charge in [-0.25, -0.2) is 0 Å². The summed E-state index contributed by atoms with van der Waals surface area (Å²) in [6.07, 6.45) is 2.72. The average Bonchev–Trinajstić information content (AvgIpc) is 2.22. The molecular weight excluding hydrogens is 208 g/mol. The maximum Gasteiger partial charge on any atom is 0.0277 e. The fraction of sp³-hybridized carbons (Fsp3) is 1.00. The summed E-state index contributed by atoms with van der Waals surface area (Å²) < 4.78 is 0. The molecule has 2 nitrogen and oxygen atoms in total. The molecular formula is C15H32N2. The van der Waals surface area contributed by atoms with Crippen LogP contribution in [0.3, 0.4) is 0 Å². The molecule has 0 heterocycles. The third-order valence-electron chi connectivity index (χ3n) is 4.30. The first-order valence-corrected chi connectivity index (χ1v) is 7.50. The van der Waals surface area contributed by atoms with E-state index in [0.29, 0.717) is 12.1 Å². The summed E-state index contributed by atoms with van der Waals surface area (Å²) in [6.45, 7) is 16.3. The highest BCUT2D eigenvalue weighted by Gasteiger charge is 2.37. The lowest BCUT2D eigenvalue weighted by Gasteiger charge is -2.47. The monoisotopic (exact) mass is 240 g/mol. The summed E-state index contributed by atoms with van der Waals surface area (Å²) in [5.74, 6) is 1.68. The molecule has 0 bridgehead atoms. The molecule has 17 heavy (non-hydrogen) atoms. The molecule has 1 aliphatic rings. The fourth-order valence-electron chi connectivity index (χ4n) is 3.78. The highest BCUT2D eigenvalue weighted by Crippen LogP contribution is 2.33. The fourth-order valence-corrected chi connectivity index (χ4v) is 3.78. The van der Waals surface area contributed by atoms with Crippen LogP contribution in [0, 0.1) is 11.8 Å². The second-order valence-corrected chi connectivity index (χ2v) is 6.13. The van der Waals surface area contributed by atoms with Gasteiger partial charge in [-0.15, -0.1) is 0 Å². The van der Waals surface area contributed by atoms with Crippen molar-refractivity contribution < 1.29 is 0 Å². The minimum Gasteiger partial charge on any atom is -0.313 e. The summed E-state index contributed by atoms with van der Waals surface area (Å²) in [4.78, 5) is 2.68. The van der Waals surface area contributed by atoms with Crippen LogP contribution in [-0.4, -0.2) is 36.1 Å². The number of rotatable bonds is 5. The van der Waals surface area contributed by atoms with Gasteiger partial charge in [0.25, 0.3) is 0 Å². The lowest BCUT2D eigenvalue weighted by Crippen LogP contribution is -2.58. The lowest BCUT2D eigenvalue weighted by molar-refractivity contribution is 0.0443. The van der Waals surface area contributed by atoms with Gasteiger partial charge in [0.15, 0.2) is 0 Å². The first-order chi connectivity index (χ1) is 8.01. The minimum absolute atomic E-state index is 0.655. The minimum atomic E-state index is 0.655. The van der Waals surface area contributed by atoms with E-state index in [0.717, 1.165) is 24.4 Å². The Morgan fingerprint density at radius 3 is 2.29 bits per heavy atom. The van der Waals surface area contributed by atoms with E-state index in [2.05, 4.69) is 51.8 Å². The van der Waals surface area contributed by atoms with E-state index < -0.39 is 0 Å². The Kier molecular flexibility index (Phi) is 5.94. The normalized spacial score (nSPS) is 34.6. The number of hydrogen-bond acceptors (Lipinski definition) is 2. The molecule has 0 aromatic rings. The topological polar surface area (TPSA) is 15.3 Å². The molecule has 0 amide bonds. The van der Waals surface area contributed by atoms with Gasteiger partial charge in [-0.05, 0) is 51.6 Å².